The summed E-state index contributed by atoms with van der Waals surface area (Å²) in [5, 5.41) is 22.2. The predicted octanol–water partition coefficient (Wildman–Crippen LogP) is 1.95. The third kappa shape index (κ3) is 5.13. The van der Waals surface area contributed by atoms with Gasteiger partial charge in [-0.05, 0) is 43.7 Å². The number of nitro benzene ring substituents is 1. The predicted molar refractivity (Wildman–Crippen MR) is 91.0 cm³/mol. The highest BCUT2D eigenvalue weighted by Crippen LogP contribution is 2.29. The molecule has 0 amide bonds. The number of sulfonamides is 1. The Hall–Kier alpha value is -2.20. The highest BCUT2D eigenvalue weighted by Gasteiger charge is 2.26. The fourth-order valence-corrected chi connectivity index (χ4v) is 4.14. The number of aliphatic carboxylic acids is 1. The van der Waals surface area contributed by atoms with Gasteiger partial charge in [0.05, 0.1) is 9.82 Å². The fourth-order valence-electron chi connectivity index (χ4n) is 2.82. The molecule has 0 aliphatic heterocycles. The zero-order valence-corrected chi connectivity index (χ0v) is 14.6. The SMILES string of the molecule is CC1CCC(NS(=O)(=O)c2ccc(NCC(=O)O)c([N+](=O)[O-])c2)CC1. The van der Waals surface area contributed by atoms with Crippen LogP contribution in [0.3, 0.4) is 0 Å². The molecule has 0 spiro atoms. The van der Waals surface area contributed by atoms with E-state index in [1.807, 2.05) is 0 Å². The van der Waals surface area contributed by atoms with Gasteiger partial charge in [-0.15, -0.1) is 0 Å². The Labute approximate surface area is 145 Å². The maximum atomic E-state index is 12.5. The highest BCUT2D eigenvalue weighted by molar-refractivity contribution is 7.89. The Morgan fingerprint density at radius 2 is 1.96 bits per heavy atom. The molecule has 1 aliphatic carbocycles. The van der Waals surface area contributed by atoms with Crippen molar-refractivity contribution in [1.82, 2.24) is 4.72 Å². The summed E-state index contributed by atoms with van der Waals surface area (Å²) in [6.07, 6.45) is 3.35. The van der Waals surface area contributed by atoms with Crippen LogP contribution in [0.15, 0.2) is 23.1 Å². The Morgan fingerprint density at radius 3 is 2.52 bits per heavy atom. The van der Waals surface area contributed by atoms with Gasteiger partial charge in [-0.2, -0.15) is 0 Å². The number of hydrogen-bond donors (Lipinski definition) is 3. The molecule has 1 aliphatic rings. The van der Waals surface area contributed by atoms with E-state index in [1.54, 1.807) is 0 Å². The third-order valence-electron chi connectivity index (χ3n) is 4.24. The van der Waals surface area contributed by atoms with Crippen molar-refractivity contribution >= 4 is 27.4 Å². The molecule has 1 fully saturated rings. The van der Waals surface area contributed by atoms with Gasteiger partial charge in [0, 0.05) is 12.1 Å². The second kappa shape index (κ2) is 7.79. The molecule has 25 heavy (non-hydrogen) atoms. The second-order valence-corrected chi connectivity index (χ2v) is 7.98. The molecule has 0 aromatic heterocycles. The van der Waals surface area contributed by atoms with Crippen LogP contribution in [0.1, 0.15) is 32.6 Å². The molecule has 10 heteroatoms. The number of anilines is 1. The van der Waals surface area contributed by atoms with E-state index in [4.69, 9.17) is 5.11 Å². The number of nitro groups is 1. The minimum Gasteiger partial charge on any atom is -0.480 e. The number of nitrogens with zero attached hydrogens (tertiary/aromatic N) is 1. The molecule has 0 heterocycles. The van der Waals surface area contributed by atoms with E-state index < -0.39 is 33.1 Å². The minimum absolute atomic E-state index is 0.0437. The number of carboxylic acid groups (broad SMARTS) is 1. The minimum atomic E-state index is -3.88. The summed E-state index contributed by atoms with van der Waals surface area (Å²) >= 11 is 0. The number of carbonyl (C=O) groups is 1. The van der Waals surface area contributed by atoms with Crippen LogP contribution in [0.25, 0.3) is 0 Å². The standard InChI is InChI=1S/C15H21N3O6S/c1-10-2-4-11(5-3-10)17-25(23,24)12-6-7-13(16-9-15(19)20)14(8-12)18(21)22/h6-8,10-11,16-17H,2-5,9H2,1H3,(H,19,20). The van der Waals surface area contributed by atoms with Crippen LogP contribution in [0.5, 0.6) is 0 Å². The van der Waals surface area contributed by atoms with Gasteiger partial charge in [0.2, 0.25) is 10.0 Å². The lowest BCUT2D eigenvalue weighted by Gasteiger charge is -2.26. The average Bonchev–Trinajstić information content (AvgIpc) is 2.54. The molecule has 0 bridgehead atoms. The highest BCUT2D eigenvalue weighted by atomic mass is 32.2. The summed E-state index contributed by atoms with van der Waals surface area (Å²) in [6, 6.07) is 3.20. The first kappa shape index (κ1) is 19.1. The molecule has 9 nitrogen and oxygen atoms in total. The van der Waals surface area contributed by atoms with Crippen LogP contribution in [-0.4, -0.2) is 37.0 Å². The van der Waals surface area contributed by atoms with Crippen molar-refractivity contribution in [3.8, 4) is 0 Å². The molecule has 1 aromatic carbocycles. The first-order valence-corrected chi connectivity index (χ1v) is 9.44. The van der Waals surface area contributed by atoms with Gasteiger partial charge in [-0.1, -0.05) is 6.92 Å². The third-order valence-corrected chi connectivity index (χ3v) is 5.76. The van der Waals surface area contributed by atoms with Gasteiger partial charge >= 0.3 is 5.97 Å². The molecule has 0 saturated heterocycles. The summed E-state index contributed by atoms with van der Waals surface area (Å²) in [6.45, 7) is 1.61. The number of benzene rings is 1. The van der Waals surface area contributed by atoms with Gasteiger partial charge in [0.15, 0.2) is 0 Å². The summed E-state index contributed by atoms with van der Waals surface area (Å²) in [5.74, 6) is -0.611. The number of hydrogen-bond acceptors (Lipinski definition) is 6. The maximum Gasteiger partial charge on any atom is 0.322 e. The Kier molecular flexibility index (Phi) is 5.96. The Balaban J connectivity index is 2.21. The zero-order valence-electron chi connectivity index (χ0n) is 13.8. The molecule has 2 rings (SSSR count). The molecule has 1 aromatic rings. The summed E-state index contributed by atoms with van der Waals surface area (Å²) in [5.41, 5.74) is -0.528. The van der Waals surface area contributed by atoms with Crippen LogP contribution < -0.4 is 10.0 Å². The fraction of sp³-hybridized carbons (Fsp3) is 0.533. The smallest absolute Gasteiger partial charge is 0.322 e. The van der Waals surface area contributed by atoms with E-state index in [-0.39, 0.29) is 16.6 Å². The van der Waals surface area contributed by atoms with E-state index >= 15 is 0 Å². The molecule has 0 unspecified atom stereocenters. The van der Waals surface area contributed by atoms with Crippen LogP contribution in [0, 0.1) is 16.0 Å². The van der Waals surface area contributed by atoms with Crippen molar-refractivity contribution in [2.24, 2.45) is 5.92 Å². The van der Waals surface area contributed by atoms with Crippen LogP contribution in [0.2, 0.25) is 0 Å². The molecular weight excluding hydrogens is 350 g/mol. The maximum absolute atomic E-state index is 12.5. The van der Waals surface area contributed by atoms with Gasteiger partial charge in [0.25, 0.3) is 5.69 Å². The van der Waals surface area contributed by atoms with E-state index in [2.05, 4.69) is 17.0 Å². The summed E-state index contributed by atoms with van der Waals surface area (Å²) in [4.78, 5) is 20.8. The van der Waals surface area contributed by atoms with Gasteiger partial charge in [-0.3, -0.25) is 14.9 Å². The van der Waals surface area contributed by atoms with Crippen molar-refractivity contribution in [3.05, 3.63) is 28.3 Å². The lowest BCUT2D eigenvalue weighted by molar-refractivity contribution is -0.384. The number of nitrogens with one attached hydrogen (secondary N) is 2. The molecule has 3 N–H and O–H groups in total. The van der Waals surface area contributed by atoms with Crippen molar-refractivity contribution in [2.75, 3.05) is 11.9 Å². The van der Waals surface area contributed by atoms with E-state index in [0.29, 0.717) is 5.92 Å². The molecule has 1 saturated carbocycles. The van der Waals surface area contributed by atoms with Gasteiger partial charge < -0.3 is 10.4 Å². The lowest BCUT2D eigenvalue weighted by atomic mass is 9.88. The van der Waals surface area contributed by atoms with Crippen molar-refractivity contribution in [1.29, 1.82) is 0 Å². The monoisotopic (exact) mass is 371 g/mol. The molecule has 138 valence electrons. The van der Waals surface area contributed by atoms with E-state index in [1.165, 1.54) is 12.1 Å². The van der Waals surface area contributed by atoms with Crippen molar-refractivity contribution < 1.29 is 23.2 Å². The van der Waals surface area contributed by atoms with Crippen molar-refractivity contribution in [3.63, 3.8) is 0 Å². The second-order valence-electron chi connectivity index (χ2n) is 6.26. The number of carboxylic acids is 1. The molecule has 0 atom stereocenters. The van der Waals surface area contributed by atoms with Crippen LogP contribution in [-0.2, 0) is 14.8 Å². The summed E-state index contributed by atoms with van der Waals surface area (Å²) in [7, 11) is -3.88. The normalized spacial score (nSPS) is 20.8. The van der Waals surface area contributed by atoms with Gasteiger partial charge in [-0.25, -0.2) is 13.1 Å². The summed E-state index contributed by atoms with van der Waals surface area (Å²) < 4.78 is 27.6. The molecular formula is C15H21N3O6S. The topological polar surface area (TPSA) is 139 Å². The quantitative estimate of drug-likeness (QED) is 0.492. The number of rotatable bonds is 7. The Bertz CT molecular complexity index is 757. The van der Waals surface area contributed by atoms with Crippen LogP contribution >= 0.6 is 0 Å². The molecule has 0 radical (unpaired) electrons. The first-order valence-electron chi connectivity index (χ1n) is 7.95. The van der Waals surface area contributed by atoms with Crippen LogP contribution in [0.4, 0.5) is 11.4 Å². The largest absolute Gasteiger partial charge is 0.480 e. The lowest BCUT2D eigenvalue weighted by Crippen LogP contribution is -2.37. The first-order chi connectivity index (χ1) is 11.7. The van der Waals surface area contributed by atoms with E-state index in [0.717, 1.165) is 31.7 Å². The van der Waals surface area contributed by atoms with Crippen molar-refractivity contribution in [2.45, 2.75) is 43.5 Å². The van der Waals surface area contributed by atoms with E-state index in [9.17, 15) is 23.3 Å². The zero-order chi connectivity index (χ0) is 18.6. The Morgan fingerprint density at radius 1 is 1.32 bits per heavy atom. The average molecular weight is 371 g/mol. The van der Waals surface area contributed by atoms with Gasteiger partial charge in [0.1, 0.15) is 12.2 Å².